The standard InChI is InChI=1S/C19H22N4O5S/c1-20-29(26,27)13-15-4-2-14(3-5-15)12-21-18(24)22-16-6-8-17(9-7-16)23-10-11-28-19(23)25/h2-9,20H,10-13H2,1H3,(H2,21,22,24). The second-order valence-corrected chi connectivity index (χ2v) is 8.33. The van der Waals surface area contributed by atoms with E-state index in [1.165, 1.54) is 11.9 Å². The van der Waals surface area contributed by atoms with E-state index in [-0.39, 0.29) is 17.9 Å². The van der Waals surface area contributed by atoms with Crippen molar-refractivity contribution in [3.05, 3.63) is 59.7 Å². The summed E-state index contributed by atoms with van der Waals surface area (Å²) in [5.74, 6) is -0.0944. The van der Waals surface area contributed by atoms with E-state index in [4.69, 9.17) is 4.74 Å². The quantitative estimate of drug-likeness (QED) is 0.636. The van der Waals surface area contributed by atoms with Gasteiger partial charge >= 0.3 is 12.1 Å². The number of benzene rings is 2. The Kier molecular flexibility index (Phi) is 6.35. The Labute approximate surface area is 169 Å². The maximum atomic E-state index is 12.1. The zero-order valence-electron chi connectivity index (χ0n) is 15.8. The first-order valence-corrected chi connectivity index (χ1v) is 10.6. The molecule has 9 nitrogen and oxygen atoms in total. The molecule has 0 radical (unpaired) electrons. The van der Waals surface area contributed by atoms with E-state index in [9.17, 15) is 18.0 Å². The first-order chi connectivity index (χ1) is 13.9. The van der Waals surface area contributed by atoms with Gasteiger partial charge in [-0.05, 0) is 42.4 Å². The Morgan fingerprint density at radius 1 is 1.07 bits per heavy atom. The lowest BCUT2D eigenvalue weighted by Crippen LogP contribution is -2.28. The molecule has 1 saturated heterocycles. The van der Waals surface area contributed by atoms with Crippen molar-refractivity contribution >= 4 is 33.5 Å². The molecule has 1 fully saturated rings. The number of anilines is 2. The second kappa shape index (κ2) is 8.93. The SMILES string of the molecule is CNS(=O)(=O)Cc1ccc(CNC(=O)Nc2ccc(N3CCOC3=O)cc2)cc1. The number of hydrogen-bond acceptors (Lipinski definition) is 5. The summed E-state index contributed by atoms with van der Waals surface area (Å²) >= 11 is 0. The molecule has 0 aliphatic carbocycles. The summed E-state index contributed by atoms with van der Waals surface area (Å²) in [6.45, 7) is 1.17. The lowest BCUT2D eigenvalue weighted by molar-refractivity contribution is 0.181. The monoisotopic (exact) mass is 418 g/mol. The third-order valence-corrected chi connectivity index (χ3v) is 5.68. The highest BCUT2D eigenvalue weighted by molar-refractivity contribution is 7.88. The van der Waals surface area contributed by atoms with Gasteiger partial charge in [-0.15, -0.1) is 0 Å². The van der Waals surface area contributed by atoms with Gasteiger partial charge in [0.1, 0.15) is 6.61 Å². The second-order valence-electron chi connectivity index (χ2n) is 6.40. The Hall–Kier alpha value is -3.11. The Bertz CT molecular complexity index is 975. The molecule has 0 saturated carbocycles. The number of cyclic esters (lactones) is 1. The van der Waals surface area contributed by atoms with Crippen LogP contribution in [0.3, 0.4) is 0 Å². The molecular weight excluding hydrogens is 396 g/mol. The Balaban J connectivity index is 1.49. The summed E-state index contributed by atoms with van der Waals surface area (Å²) in [7, 11) is -1.94. The van der Waals surface area contributed by atoms with Gasteiger partial charge in [-0.3, -0.25) is 4.90 Å². The van der Waals surface area contributed by atoms with Gasteiger partial charge in [0.2, 0.25) is 10.0 Å². The van der Waals surface area contributed by atoms with Gasteiger partial charge in [0, 0.05) is 17.9 Å². The van der Waals surface area contributed by atoms with E-state index in [0.717, 1.165) is 5.56 Å². The molecule has 1 aliphatic rings. The topological polar surface area (TPSA) is 117 Å². The first kappa shape index (κ1) is 20.6. The molecule has 0 aromatic heterocycles. The summed E-state index contributed by atoms with van der Waals surface area (Å²) in [6, 6.07) is 13.5. The summed E-state index contributed by atoms with van der Waals surface area (Å²) in [5.41, 5.74) is 2.80. The van der Waals surface area contributed by atoms with Crippen LogP contribution in [-0.2, 0) is 27.1 Å². The molecule has 2 aromatic carbocycles. The predicted octanol–water partition coefficient (Wildman–Crippen LogP) is 2.01. The van der Waals surface area contributed by atoms with Crippen LogP contribution in [-0.4, -0.2) is 40.7 Å². The van der Waals surface area contributed by atoms with Crippen molar-refractivity contribution in [3.8, 4) is 0 Å². The van der Waals surface area contributed by atoms with E-state index in [1.54, 1.807) is 48.5 Å². The van der Waals surface area contributed by atoms with Crippen molar-refractivity contribution in [2.75, 3.05) is 30.4 Å². The van der Waals surface area contributed by atoms with Crippen LogP contribution in [0, 0.1) is 0 Å². The first-order valence-electron chi connectivity index (χ1n) is 8.94. The van der Waals surface area contributed by atoms with Crippen LogP contribution in [0.2, 0.25) is 0 Å². The Morgan fingerprint density at radius 3 is 2.31 bits per heavy atom. The maximum Gasteiger partial charge on any atom is 0.414 e. The molecule has 1 heterocycles. The van der Waals surface area contributed by atoms with Crippen LogP contribution in [0.4, 0.5) is 21.0 Å². The van der Waals surface area contributed by atoms with E-state index in [1.807, 2.05) is 0 Å². The number of carbonyl (C=O) groups excluding carboxylic acids is 2. The van der Waals surface area contributed by atoms with Gasteiger partial charge in [-0.25, -0.2) is 22.7 Å². The van der Waals surface area contributed by atoms with Gasteiger partial charge in [0.05, 0.1) is 12.3 Å². The van der Waals surface area contributed by atoms with Crippen LogP contribution in [0.25, 0.3) is 0 Å². The normalized spacial score (nSPS) is 13.8. The van der Waals surface area contributed by atoms with Crippen LogP contribution in [0.15, 0.2) is 48.5 Å². The largest absolute Gasteiger partial charge is 0.447 e. The Morgan fingerprint density at radius 2 is 1.72 bits per heavy atom. The highest BCUT2D eigenvalue weighted by Gasteiger charge is 2.23. The molecule has 0 spiro atoms. The van der Waals surface area contributed by atoms with Crippen LogP contribution >= 0.6 is 0 Å². The number of sulfonamides is 1. The van der Waals surface area contributed by atoms with Gasteiger partial charge in [0.15, 0.2) is 0 Å². The highest BCUT2D eigenvalue weighted by atomic mass is 32.2. The van der Waals surface area contributed by atoms with Crippen molar-refractivity contribution in [2.45, 2.75) is 12.3 Å². The van der Waals surface area contributed by atoms with Crippen molar-refractivity contribution in [2.24, 2.45) is 0 Å². The molecule has 3 amide bonds. The molecule has 3 rings (SSSR count). The van der Waals surface area contributed by atoms with Gasteiger partial charge in [-0.1, -0.05) is 24.3 Å². The molecule has 10 heteroatoms. The smallest absolute Gasteiger partial charge is 0.414 e. The van der Waals surface area contributed by atoms with Crippen LogP contribution in [0.5, 0.6) is 0 Å². The lowest BCUT2D eigenvalue weighted by Gasteiger charge is -2.13. The van der Waals surface area contributed by atoms with Crippen molar-refractivity contribution in [3.63, 3.8) is 0 Å². The molecule has 2 aromatic rings. The van der Waals surface area contributed by atoms with Crippen LogP contribution < -0.4 is 20.3 Å². The fraction of sp³-hybridized carbons (Fsp3) is 0.263. The number of urea groups is 1. The fourth-order valence-electron chi connectivity index (χ4n) is 2.76. The number of ether oxygens (including phenoxy) is 1. The van der Waals surface area contributed by atoms with Crippen molar-refractivity contribution < 1.29 is 22.7 Å². The highest BCUT2D eigenvalue weighted by Crippen LogP contribution is 2.21. The third kappa shape index (κ3) is 5.69. The minimum Gasteiger partial charge on any atom is -0.447 e. The van der Waals surface area contributed by atoms with Crippen molar-refractivity contribution in [1.82, 2.24) is 10.0 Å². The van der Waals surface area contributed by atoms with E-state index >= 15 is 0 Å². The minimum atomic E-state index is -3.32. The van der Waals surface area contributed by atoms with Crippen molar-refractivity contribution in [1.29, 1.82) is 0 Å². The number of nitrogens with zero attached hydrogens (tertiary/aromatic N) is 1. The lowest BCUT2D eigenvalue weighted by atomic mass is 10.1. The molecule has 1 aliphatic heterocycles. The van der Waals surface area contributed by atoms with Crippen LogP contribution in [0.1, 0.15) is 11.1 Å². The number of hydrogen-bond donors (Lipinski definition) is 3. The molecule has 0 unspecified atom stereocenters. The number of nitrogens with one attached hydrogen (secondary N) is 3. The zero-order valence-corrected chi connectivity index (χ0v) is 16.7. The predicted molar refractivity (Wildman–Crippen MR) is 109 cm³/mol. The van der Waals surface area contributed by atoms with E-state index in [2.05, 4.69) is 15.4 Å². The number of amides is 3. The molecule has 3 N–H and O–H groups in total. The van der Waals surface area contributed by atoms with Gasteiger partial charge in [0.25, 0.3) is 0 Å². The summed E-state index contributed by atoms with van der Waals surface area (Å²) in [4.78, 5) is 25.2. The number of carbonyl (C=O) groups is 2. The van der Waals surface area contributed by atoms with E-state index in [0.29, 0.717) is 36.6 Å². The molecule has 29 heavy (non-hydrogen) atoms. The summed E-state index contributed by atoms with van der Waals surface area (Å²) in [5, 5.41) is 5.46. The molecular formula is C19H22N4O5S. The zero-order chi connectivity index (χ0) is 20.9. The van der Waals surface area contributed by atoms with Gasteiger partial charge in [-0.2, -0.15) is 0 Å². The summed E-state index contributed by atoms with van der Waals surface area (Å²) in [6.07, 6.45) is -0.377. The fourth-order valence-corrected chi connectivity index (χ4v) is 3.53. The third-order valence-electron chi connectivity index (χ3n) is 4.34. The maximum absolute atomic E-state index is 12.1. The molecule has 0 atom stereocenters. The van der Waals surface area contributed by atoms with E-state index < -0.39 is 10.0 Å². The van der Waals surface area contributed by atoms with Gasteiger partial charge < -0.3 is 15.4 Å². The minimum absolute atomic E-state index is 0.0944. The molecule has 154 valence electrons. The molecule has 0 bridgehead atoms. The average Bonchev–Trinajstić information content (AvgIpc) is 3.14. The summed E-state index contributed by atoms with van der Waals surface area (Å²) < 4.78 is 30.3. The number of rotatable bonds is 7. The average molecular weight is 418 g/mol.